The second kappa shape index (κ2) is 6.83. The fourth-order valence-corrected chi connectivity index (χ4v) is 3.56. The minimum Gasteiger partial charge on any atom is -0.480 e. The summed E-state index contributed by atoms with van der Waals surface area (Å²) in [5, 5.41) is 9.31. The molecule has 9 nitrogen and oxygen atoms in total. The fourth-order valence-electron chi connectivity index (χ4n) is 3.56. The van der Waals surface area contributed by atoms with Gasteiger partial charge in [0.15, 0.2) is 11.2 Å². The zero-order valence-corrected chi connectivity index (χ0v) is 14.5. The zero-order chi connectivity index (χ0) is 18.1. The average Bonchev–Trinajstić information content (AvgIpc) is 2.98. The highest BCUT2D eigenvalue weighted by Gasteiger charge is 2.27. The van der Waals surface area contributed by atoms with E-state index >= 15 is 0 Å². The van der Waals surface area contributed by atoms with Crippen LogP contribution in [0.15, 0.2) is 15.9 Å². The van der Waals surface area contributed by atoms with Gasteiger partial charge in [0.1, 0.15) is 6.04 Å². The second-order valence-corrected chi connectivity index (χ2v) is 6.57. The Bertz CT molecular complexity index is 910. The van der Waals surface area contributed by atoms with Gasteiger partial charge in [-0.05, 0) is 25.8 Å². The van der Waals surface area contributed by atoms with Gasteiger partial charge < -0.3 is 9.67 Å². The van der Waals surface area contributed by atoms with Crippen molar-refractivity contribution in [1.82, 2.24) is 23.6 Å². The van der Waals surface area contributed by atoms with Gasteiger partial charge in [-0.15, -0.1) is 0 Å². The predicted octanol–water partition coefficient (Wildman–Crippen LogP) is -0.237. The first-order valence-corrected chi connectivity index (χ1v) is 8.49. The second-order valence-electron chi connectivity index (χ2n) is 6.57. The summed E-state index contributed by atoms with van der Waals surface area (Å²) in [5.74, 6) is -0.802. The molecule has 0 saturated carbocycles. The Kier molecular flexibility index (Phi) is 4.76. The monoisotopic (exact) mass is 349 g/mol. The van der Waals surface area contributed by atoms with Crippen LogP contribution < -0.4 is 11.2 Å². The molecular formula is C16H23N5O4. The molecule has 9 heteroatoms. The van der Waals surface area contributed by atoms with Gasteiger partial charge in [-0.3, -0.25) is 23.6 Å². The van der Waals surface area contributed by atoms with Crippen molar-refractivity contribution in [2.24, 2.45) is 14.1 Å². The Morgan fingerprint density at radius 3 is 2.76 bits per heavy atom. The molecule has 25 heavy (non-hydrogen) atoms. The first kappa shape index (κ1) is 17.4. The van der Waals surface area contributed by atoms with Crippen molar-refractivity contribution in [2.45, 2.75) is 38.3 Å². The Labute approximate surface area is 144 Å². The Morgan fingerprint density at radius 1 is 1.28 bits per heavy atom. The van der Waals surface area contributed by atoms with Crippen molar-refractivity contribution in [3.05, 3.63) is 27.2 Å². The number of rotatable bonds is 5. The zero-order valence-electron chi connectivity index (χ0n) is 14.5. The van der Waals surface area contributed by atoms with Crippen molar-refractivity contribution < 1.29 is 9.90 Å². The smallest absolute Gasteiger partial charge is 0.332 e. The Hall–Kier alpha value is -2.42. The van der Waals surface area contributed by atoms with Crippen LogP contribution >= 0.6 is 0 Å². The van der Waals surface area contributed by atoms with Gasteiger partial charge in [0.05, 0.1) is 6.33 Å². The van der Waals surface area contributed by atoms with E-state index in [-0.39, 0.29) is 12.1 Å². The summed E-state index contributed by atoms with van der Waals surface area (Å²) in [7, 11) is 3.31. The minimum absolute atomic E-state index is 0.259. The van der Waals surface area contributed by atoms with Crippen LogP contribution in [0.25, 0.3) is 11.2 Å². The molecule has 1 aliphatic heterocycles. The van der Waals surface area contributed by atoms with E-state index in [0.717, 1.165) is 19.4 Å². The SMILES string of the molecule is Cn1cnc2c1c(=O)n(CCCN1CCCCC1C(=O)O)c(=O)n2C. The maximum Gasteiger partial charge on any atom is 0.332 e. The highest BCUT2D eigenvalue weighted by atomic mass is 16.4. The molecule has 0 aromatic carbocycles. The van der Waals surface area contributed by atoms with Gasteiger partial charge in [-0.1, -0.05) is 6.42 Å². The Morgan fingerprint density at radius 2 is 2.04 bits per heavy atom. The van der Waals surface area contributed by atoms with Gasteiger partial charge in [0.2, 0.25) is 0 Å². The molecule has 1 unspecified atom stereocenters. The molecule has 1 N–H and O–H groups in total. The summed E-state index contributed by atoms with van der Waals surface area (Å²) in [6.07, 6.45) is 4.61. The van der Waals surface area contributed by atoms with Crippen molar-refractivity contribution in [3.63, 3.8) is 0 Å². The van der Waals surface area contributed by atoms with Gasteiger partial charge >= 0.3 is 11.7 Å². The van der Waals surface area contributed by atoms with Gasteiger partial charge in [0, 0.05) is 27.2 Å². The number of piperidine rings is 1. The normalized spacial score (nSPS) is 18.7. The number of aliphatic carboxylic acids is 1. The highest BCUT2D eigenvalue weighted by molar-refractivity contribution is 5.73. The maximum absolute atomic E-state index is 12.6. The van der Waals surface area contributed by atoms with E-state index in [2.05, 4.69) is 4.98 Å². The van der Waals surface area contributed by atoms with Crippen LogP contribution in [0.4, 0.5) is 0 Å². The van der Waals surface area contributed by atoms with E-state index in [1.165, 1.54) is 15.5 Å². The summed E-state index contributed by atoms with van der Waals surface area (Å²) < 4.78 is 4.19. The minimum atomic E-state index is -0.802. The number of aromatic nitrogens is 4. The van der Waals surface area contributed by atoms with E-state index in [9.17, 15) is 19.5 Å². The number of hydrogen-bond donors (Lipinski definition) is 1. The number of carboxylic acids is 1. The molecule has 2 aromatic heterocycles. The molecule has 1 fully saturated rings. The van der Waals surface area contributed by atoms with Crippen LogP contribution in [-0.2, 0) is 25.4 Å². The van der Waals surface area contributed by atoms with Crippen LogP contribution in [0.2, 0.25) is 0 Å². The largest absolute Gasteiger partial charge is 0.480 e. The fraction of sp³-hybridized carbons (Fsp3) is 0.625. The standard InChI is InChI=1S/C16H23N5O4/c1-18-10-17-13-12(18)14(22)21(16(25)19(13)2)9-5-8-20-7-4-3-6-11(20)15(23)24/h10-11H,3-9H2,1-2H3,(H,23,24). The van der Waals surface area contributed by atoms with E-state index in [4.69, 9.17) is 0 Å². The molecule has 2 aromatic rings. The third-order valence-electron chi connectivity index (χ3n) is 4.93. The van der Waals surface area contributed by atoms with Crippen LogP contribution in [-0.4, -0.2) is 53.8 Å². The van der Waals surface area contributed by atoms with Crippen molar-refractivity contribution >= 4 is 17.1 Å². The predicted molar refractivity (Wildman–Crippen MR) is 91.7 cm³/mol. The molecule has 0 aliphatic carbocycles. The summed E-state index contributed by atoms with van der Waals surface area (Å²) in [6.45, 7) is 1.55. The number of nitrogens with zero attached hydrogens (tertiary/aromatic N) is 5. The van der Waals surface area contributed by atoms with Gasteiger partial charge in [0.25, 0.3) is 5.56 Å². The lowest BCUT2D eigenvalue weighted by Crippen LogP contribution is -2.46. The maximum atomic E-state index is 12.6. The van der Waals surface area contributed by atoms with Crippen molar-refractivity contribution in [1.29, 1.82) is 0 Å². The summed E-state index contributed by atoms with van der Waals surface area (Å²) in [5.41, 5.74) is 0.00960. The molecule has 3 heterocycles. The number of carbonyl (C=O) groups is 1. The summed E-state index contributed by atoms with van der Waals surface area (Å²) >= 11 is 0. The quantitative estimate of drug-likeness (QED) is 0.799. The van der Waals surface area contributed by atoms with E-state index in [1.54, 1.807) is 18.7 Å². The van der Waals surface area contributed by atoms with Crippen LogP contribution in [0, 0.1) is 0 Å². The van der Waals surface area contributed by atoms with Crippen LogP contribution in [0.1, 0.15) is 25.7 Å². The van der Waals surface area contributed by atoms with Crippen LogP contribution in [0.5, 0.6) is 0 Å². The number of likely N-dealkylation sites (tertiary alicyclic amines) is 1. The molecule has 1 atom stereocenters. The number of carboxylic acid groups (broad SMARTS) is 1. The first-order valence-electron chi connectivity index (χ1n) is 8.49. The molecule has 3 rings (SSSR count). The van der Waals surface area contributed by atoms with Crippen molar-refractivity contribution in [3.8, 4) is 0 Å². The number of fused-ring (bicyclic) bond motifs is 1. The van der Waals surface area contributed by atoms with Gasteiger partial charge in [-0.25, -0.2) is 9.78 Å². The van der Waals surface area contributed by atoms with Crippen LogP contribution in [0.3, 0.4) is 0 Å². The third-order valence-corrected chi connectivity index (χ3v) is 4.93. The molecule has 136 valence electrons. The topological polar surface area (TPSA) is 102 Å². The van der Waals surface area contributed by atoms with Gasteiger partial charge in [-0.2, -0.15) is 0 Å². The van der Waals surface area contributed by atoms with E-state index in [0.29, 0.717) is 30.6 Å². The molecule has 0 bridgehead atoms. The average molecular weight is 349 g/mol. The lowest BCUT2D eigenvalue weighted by molar-refractivity contribution is -0.144. The molecule has 0 spiro atoms. The third kappa shape index (κ3) is 3.11. The molecule has 1 saturated heterocycles. The molecular weight excluding hydrogens is 326 g/mol. The van der Waals surface area contributed by atoms with Crippen molar-refractivity contribution in [2.75, 3.05) is 13.1 Å². The lowest BCUT2D eigenvalue weighted by atomic mass is 10.0. The number of imidazole rings is 1. The van der Waals surface area contributed by atoms with E-state index < -0.39 is 17.7 Å². The number of aryl methyl sites for hydroxylation is 2. The Balaban J connectivity index is 1.80. The first-order chi connectivity index (χ1) is 11.9. The summed E-state index contributed by atoms with van der Waals surface area (Å²) in [6, 6.07) is -0.465. The molecule has 0 radical (unpaired) electrons. The molecule has 0 amide bonds. The molecule has 1 aliphatic rings. The number of hydrogen-bond acceptors (Lipinski definition) is 5. The summed E-state index contributed by atoms with van der Waals surface area (Å²) in [4.78, 5) is 42.4. The van der Waals surface area contributed by atoms with E-state index in [1.807, 2.05) is 4.90 Å². The highest BCUT2D eigenvalue weighted by Crippen LogP contribution is 2.17. The lowest BCUT2D eigenvalue weighted by Gasteiger charge is -2.32.